The normalized spacial score (nSPS) is 29.2. The third kappa shape index (κ3) is 3.33. The number of nitrogens with zero attached hydrogens (tertiary/aromatic N) is 2. The molecule has 2 saturated carbocycles. The molecule has 0 aliphatic heterocycles. The highest BCUT2D eigenvalue weighted by molar-refractivity contribution is 5.11. The van der Waals surface area contributed by atoms with E-state index in [4.69, 9.17) is 0 Å². The number of fused-ring (bicyclic) bond motifs is 2. The van der Waals surface area contributed by atoms with Gasteiger partial charge in [0.05, 0.1) is 5.69 Å². The topological polar surface area (TPSA) is 29.9 Å². The zero-order chi connectivity index (χ0) is 14.8. The highest BCUT2D eigenvalue weighted by atomic mass is 15.3. The van der Waals surface area contributed by atoms with Crippen LogP contribution in [-0.2, 0) is 13.0 Å². The van der Waals surface area contributed by atoms with Crippen LogP contribution in [0.1, 0.15) is 57.3 Å². The quantitative estimate of drug-likeness (QED) is 0.832. The van der Waals surface area contributed by atoms with Crippen molar-refractivity contribution in [2.75, 3.05) is 6.54 Å². The third-order valence-corrected chi connectivity index (χ3v) is 5.71. The van der Waals surface area contributed by atoms with Gasteiger partial charge in [0.25, 0.3) is 0 Å². The first-order valence-corrected chi connectivity index (χ1v) is 8.96. The van der Waals surface area contributed by atoms with Crippen LogP contribution >= 0.6 is 0 Å². The summed E-state index contributed by atoms with van der Waals surface area (Å²) in [6, 6.07) is 2.90. The number of hydrogen-bond acceptors (Lipinski definition) is 2. The van der Waals surface area contributed by atoms with Crippen LogP contribution in [0.5, 0.6) is 0 Å². The summed E-state index contributed by atoms with van der Waals surface area (Å²) in [7, 11) is 0. The van der Waals surface area contributed by atoms with Crippen LogP contribution < -0.4 is 5.32 Å². The van der Waals surface area contributed by atoms with Crippen molar-refractivity contribution in [1.29, 1.82) is 0 Å². The lowest BCUT2D eigenvalue weighted by Gasteiger charge is -2.27. The Bertz CT molecular complexity index is 465. The molecular formula is C18H31N3. The minimum absolute atomic E-state index is 0.626. The summed E-state index contributed by atoms with van der Waals surface area (Å²) in [4.78, 5) is 0. The summed E-state index contributed by atoms with van der Waals surface area (Å²) in [5, 5.41) is 8.34. The van der Waals surface area contributed by atoms with Gasteiger partial charge in [0.1, 0.15) is 0 Å². The molecule has 0 spiro atoms. The molecule has 0 radical (unpaired) electrons. The summed E-state index contributed by atoms with van der Waals surface area (Å²) >= 11 is 0. The number of aryl methyl sites for hydroxylation is 2. The predicted molar refractivity (Wildman–Crippen MR) is 87.4 cm³/mol. The Labute approximate surface area is 129 Å². The fourth-order valence-electron chi connectivity index (χ4n) is 4.85. The standard InChI is InChI=1S/C18H31N3/c1-4-19-17(11-16-10-14-6-7-15(16)9-14)12-18-8-13(3)20-21(18)5-2/h8,14-17,19H,4-7,9-12H2,1-3H3. The van der Waals surface area contributed by atoms with Crippen LogP contribution in [0.15, 0.2) is 6.07 Å². The van der Waals surface area contributed by atoms with Gasteiger partial charge >= 0.3 is 0 Å². The molecule has 2 fully saturated rings. The molecule has 0 saturated heterocycles. The summed E-state index contributed by atoms with van der Waals surface area (Å²) < 4.78 is 2.18. The van der Waals surface area contributed by atoms with Crippen LogP contribution in [0, 0.1) is 24.7 Å². The molecule has 1 aromatic heterocycles. The molecule has 1 aromatic rings. The van der Waals surface area contributed by atoms with Crippen molar-refractivity contribution in [2.24, 2.45) is 17.8 Å². The Morgan fingerprint density at radius 1 is 1.33 bits per heavy atom. The monoisotopic (exact) mass is 289 g/mol. The number of nitrogens with one attached hydrogen (secondary N) is 1. The Morgan fingerprint density at radius 2 is 2.19 bits per heavy atom. The van der Waals surface area contributed by atoms with Crippen molar-refractivity contribution in [3.63, 3.8) is 0 Å². The van der Waals surface area contributed by atoms with Crippen molar-refractivity contribution in [1.82, 2.24) is 15.1 Å². The fourth-order valence-corrected chi connectivity index (χ4v) is 4.85. The molecule has 2 aliphatic carbocycles. The maximum atomic E-state index is 4.60. The molecule has 118 valence electrons. The molecule has 2 bridgehead atoms. The van der Waals surface area contributed by atoms with E-state index in [1.54, 1.807) is 0 Å². The van der Waals surface area contributed by atoms with Crippen LogP contribution in [0.4, 0.5) is 0 Å². The van der Waals surface area contributed by atoms with Gasteiger partial charge in [0.2, 0.25) is 0 Å². The summed E-state index contributed by atoms with van der Waals surface area (Å²) in [6.07, 6.45) is 8.53. The molecule has 2 aliphatic rings. The number of likely N-dealkylation sites (N-methyl/N-ethyl adjacent to an activating group) is 1. The zero-order valence-electron chi connectivity index (χ0n) is 13.9. The first-order valence-electron chi connectivity index (χ1n) is 8.96. The van der Waals surface area contributed by atoms with Gasteiger partial charge in [0.15, 0.2) is 0 Å². The highest BCUT2D eigenvalue weighted by Gasteiger charge is 2.40. The van der Waals surface area contributed by atoms with Crippen LogP contribution in [-0.4, -0.2) is 22.4 Å². The third-order valence-electron chi connectivity index (χ3n) is 5.71. The van der Waals surface area contributed by atoms with Gasteiger partial charge in [-0.3, -0.25) is 4.68 Å². The van der Waals surface area contributed by atoms with E-state index in [-0.39, 0.29) is 0 Å². The van der Waals surface area contributed by atoms with Crippen molar-refractivity contribution in [3.05, 3.63) is 17.5 Å². The second-order valence-electron chi connectivity index (χ2n) is 7.22. The molecule has 3 nitrogen and oxygen atoms in total. The smallest absolute Gasteiger partial charge is 0.0596 e. The van der Waals surface area contributed by atoms with E-state index in [2.05, 4.69) is 41.9 Å². The molecule has 1 heterocycles. The van der Waals surface area contributed by atoms with Gasteiger partial charge in [0, 0.05) is 24.7 Å². The Hall–Kier alpha value is -0.830. The van der Waals surface area contributed by atoms with E-state index >= 15 is 0 Å². The van der Waals surface area contributed by atoms with Crippen molar-refractivity contribution < 1.29 is 0 Å². The molecule has 4 atom stereocenters. The molecular weight excluding hydrogens is 258 g/mol. The molecule has 0 aromatic carbocycles. The van der Waals surface area contributed by atoms with Gasteiger partial charge in [-0.25, -0.2) is 0 Å². The summed E-state index contributed by atoms with van der Waals surface area (Å²) in [5.41, 5.74) is 2.56. The fraction of sp³-hybridized carbons (Fsp3) is 0.833. The maximum Gasteiger partial charge on any atom is 0.0596 e. The first-order chi connectivity index (χ1) is 10.2. The van der Waals surface area contributed by atoms with E-state index in [0.717, 1.165) is 43.0 Å². The number of aromatic nitrogens is 2. The molecule has 21 heavy (non-hydrogen) atoms. The molecule has 4 unspecified atom stereocenters. The van der Waals surface area contributed by atoms with Crippen LogP contribution in [0.25, 0.3) is 0 Å². The van der Waals surface area contributed by atoms with E-state index in [1.165, 1.54) is 37.8 Å². The molecule has 3 rings (SSSR count). The SMILES string of the molecule is CCNC(Cc1cc(C)nn1CC)CC1CC2CCC1C2. The van der Waals surface area contributed by atoms with E-state index in [9.17, 15) is 0 Å². The lowest BCUT2D eigenvalue weighted by atomic mass is 9.83. The minimum atomic E-state index is 0.626. The summed E-state index contributed by atoms with van der Waals surface area (Å²) in [5.74, 6) is 3.08. The highest BCUT2D eigenvalue weighted by Crippen LogP contribution is 2.49. The van der Waals surface area contributed by atoms with E-state index in [0.29, 0.717) is 6.04 Å². The number of hydrogen-bond donors (Lipinski definition) is 1. The Morgan fingerprint density at radius 3 is 2.81 bits per heavy atom. The average molecular weight is 289 g/mol. The van der Waals surface area contributed by atoms with Crippen LogP contribution in [0.2, 0.25) is 0 Å². The Balaban J connectivity index is 1.63. The minimum Gasteiger partial charge on any atom is -0.314 e. The van der Waals surface area contributed by atoms with Gasteiger partial charge in [-0.2, -0.15) is 5.10 Å². The first kappa shape index (κ1) is 15.1. The van der Waals surface area contributed by atoms with Crippen molar-refractivity contribution in [2.45, 2.75) is 71.9 Å². The lowest BCUT2D eigenvalue weighted by Crippen LogP contribution is -2.34. The largest absolute Gasteiger partial charge is 0.314 e. The van der Waals surface area contributed by atoms with Crippen molar-refractivity contribution in [3.8, 4) is 0 Å². The van der Waals surface area contributed by atoms with Gasteiger partial charge in [-0.1, -0.05) is 13.3 Å². The van der Waals surface area contributed by atoms with Crippen molar-refractivity contribution >= 4 is 0 Å². The second kappa shape index (κ2) is 6.51. The maximum absolute atomic E-state index is 4.60. The second-order valence-corrected chi connectivity index (χ2v) is 7.22. The van der Waals surface area contributed by atoms with Gasteiger partial charge in [-0.15, -0.1) is 0 Å². The number of rotatable bonds is 7. The average Bonchev–Trinajstić information content (AvgIpc) is 3.14. The molecule has 0 amide bonds. The van der Waals surface area contributed by atoms with Gasteiger partial charge in [-0.05, 0) is 69.9 Å². The predicted octanol–water partition coefficient (Wildman–Crippen LogP) is 3.56. The van der Waals surface area contributed by atoms with E-state index < -0.39 is 0 Å². The molecule has 3 heteroatoms. The Kier molecular flexibility index (Phi) is 4.68. The lowest BCUT2D eigenvalue weighted by molar-refractivity contribution is 0.276. The van der Waals surface area contributed by atoms with E-state index in [1.807, 2.05) is 0 Å². The van der Waals surface area contributed by atoms with Crippen LogP contribution in [0.3, 0.4) is 0 Å². The zero-order valence-corrected chi connectivity index (χ0v) is 13.9. The molecule has 1 N–H and O–H groups in total. The van der Waals surface area contributed by atoms with Gasteiger partial charge < -0.3 is 5.32 Å². The summed E-state index contributed by atoms with van der Waals surface area (Å²) in [6.45, 7) is 8.58.